The van der Waals surface area contributed by atoms with Crippen molar-refractivity contribution in [3.8, 4) is 0 Å². The molecule has 0 aromatic carbocycles. The highest BCUT2D eigenvalue weighted by Gasteiger charge is 2.42. The number of hydrogen-bond acceptors (Lipinski definition) is 11. The van der Waals surface area contributed by atoms with E-state index in [0.717, 1.165) is 44.1 Å². The summed E-state index contributed by atoms with van der Waals surface area (Å²) in [5.41, 5.74) is 6.46. The Morgan fingerprint density at radius 3 is 2.48 bits per heavy atom. The van der Waals surface area contributed by atoms with Gasteiger partial charge in [-0.15, -0.1) is 0 Å². The third-order valence-electron chi connectivity index (χ3n) is 11.9. The lowest BCUT2D eigenvalue weighted by atomic mass is 9.86. The first-order valence-corrected chi connectivity index (χ1v) is 22.2. The van der Waals surface area contributed by atoms with Gasteiger partial charge in [-0.1, -0.05) is 99.3 Å². The fourth-order valence-electron chi connectivity index (χ4n) is 8.48. The molecule has 3 fully saturated rings. The quantitative estimate of drug-likeness (QED) is 0.112. The highest BCUT2D eigenvalue weighted by atomic mass is 16.6. The van der Waals surface area contributed by atoms with Gasteiger partial charge in [0.05, 0.1) is 42.7 Å². The number of carbonyl (C=O) groups excluding carboxylic acids is 2. The van der Waals surface area contributed by atoms with E-state index < -0.39 is 42.6 Å². The van der Waals surface area contributed by atoms with Gasteiger partial charge in [-0.3, -0.25) is 4.79 Å². The maximum Gasteiger partial charge on any atom is 0.331 e. The molecule has 0 aliphatic carbocycles. The average molecular weight is 835 g/mol. The van der Waals surface area contributed by atoms with Gasteiger partial charge in [0.15, 0.2) is 6.10 Å². The number of carbonyl (C=O) groups is 2. The van der Waals surface area contributed by atoms with Gasteiger partial charge in [-0.2, -0.15) is 0 Å². The smallest absolute Gasteiger partial charge is 0.331 e. The molecule has 0 spiro atoms. The Morgan fingerprint density at radius 1 is 0.833 bits per heavy atom. The third kappa shape index (κ3) is 15.2. The van der Waals surface area contributed by atoms with E-state index in [1.807, 2.05) is 62.5 Å². The monoisotopic (exact) mass is 835 g/mol. The first-order chi connectivity index (χ1) is 29.0. The van der Waals surface area contributed by atoms with Crippen LogP contribution in [0.2, 0.25) is 0 Å². The van der Waals surface area contributed by atoms with Crippen LogP contribution in [0.5, 0.6) is 0 Å². The minimum absolute atomic E-state index is 0.0240. The van der Waals surface area contributed by atoms with Crippen molar-refractivity contribution in [1.82, 2.24) is 5.32 Å². The zero-order chi connectivity index (χ0) is 42.9. The molecule has 12 heteroatoms. The molecule has 6 N–H and O–H groups in total. The molecule has 6 heterocycles. The highest BCUT2D eigenvalue weighted by molar-refractivity contribution is 5.82. The summed E-state index contributed by atoms with van der Waals surface area (Å²) in [5, 5.41) is 35.5. The van der Waals surface area contributed by atoms with Crippen LogP contribution in [0.1, 0.15) is 91.4 Å². The molecule has 3 saturated heterocycles. The number of esters is 1. The van der Waals surface area contributed by atoms with Crippen LogP contribution in [-0.4, -0.2) is 114 Å². The SMILES string of the molecule is C/C(=C\[C@H](C)CCCCC(=O)NCCN)C1OC2C=CC1OC(=O)\C=C/C=C\C=C\[C@H]1OC3CC1O[C@@H](/C=C/C[C@H]1O[C@H](C[C@H](O)[C@H]1C)[C@@H](O)[C@@H](O)/C=C/CC/C=C/C2)C3. The number of amides is 1. The molecule has 6 aliphatic heterocycles. The van der Waals surface area contributed by atoms with Gasteiger partial charge < -0.3 is 50.1 Å². The molecule has 6 rings (SSSR count). The van der Waals surface area contributed by atoms with Crippen molar-refractivity contribution < 1.29 is 48.6 Å². The Bertz CT molecular complexity index is 1600. The fourth-order valence-corrected chi connectivity index (χ4v) is 8.48. The van der Waals surface area contributed by atoms with Crippen molar-refractivity contribution in [1.29, 1.82) is 0 Å². The lowest BCUT2D eigenvalue weighted by molar-refractivity contribution is -0.175. The molecule has 332 valence electrons. The Kier molecular flexibility index (Phi) is 19.7. The number of nitrogens with two attached hydrogens (primary N) is 1. The Balaban J connectivity index is 1.25. The summed E-state index contributed by atoms with van der Waals surface area (Å²) in [6.07, 6.45) is 30.1. The second-order valence-electron chi connectivity index (χ2n) is 16.9. The standard InChI is InChI=1S/C48H70N2O10/c1-32(16-13-14-22-45(53)50-27-26-49)28-33(2)48-42-25-24-35(58-48)17-9-5-4-6-10-19-38(51)47(55)44-31-39(52)34(3)40(59-44)21-15-18-36-29-37-30-43(56-36)41(57-37)20-11-7-8-12-23-46(54)60-42/h5,7-12,15,18-20,23-25,28,32,34-44,47-48,51-52,55H,4,6,13-14,16-17,21-22,26-27,29-31,49H2,1-3H3,(H,50,53)/b8-7-,9-5+,18-15+,19-10+,20-11+,23-12-,33-28+/t32-,34-,35?,36+,37?,38+,39+,40-,41-,42?,43?,44-,47+,48?/m1/s1. The molecule has 0 radical (unpaired) electrons. The predicted octanol–water partition coefficient (Wildman–Crippen LogP) is 5.54. The van der Waals surface area contributed by atoms with E-state index >= 15 is 0 Å². The number of hydrogen-bond donors (Lipinski definition) is 5. The topological polar surface area (TPSA) is 179 Å². The van der Waals surface area contributed by atoms with Gasteiger partial charge >= 0.3 is 5.97 Å². The molecule has 60 heavy (non-hydrogen) atoms. The Labute approximate surface area is 357 Å². The van der Waals surface area contributed by atoms with Gasteiger partial charge in [0.2, 0.25) is 5.91 Å². The van der Waals surface area contributed by atoms with Gasteiger partial charge in [-0.25, -0.2) is 4.79 Å². The van der Waals surface area contributed by atoms with E-state index in [4.69, 9.17) is 29.4 Å². The molecule has 14 atom stereocenters. The molecular weight excluding hydrogens is 765 g/mol. The summed E-state index contributed by atoms with van der Waals surface area (Å²) in [7, 11) is 0. The summed E-state index contributed by atoms with van der Waals surface area (Å²) in [5.74, 6) is -0.349. The van der Waals surface area contributed by atoms with Crippen LogP contribution in [-0.2, 0) is 33.3 Å². The van der Waals surface area contributed by atoms with E-state index in [1.54, 1.807) is 18.2 Å². The predicted molar refractivity (Wildman–Crippen MR) is 231 cm³/mol. The van der Waals surface area contributed by atoms with E-state index in [1.165, 1.54) is 6.08 Å². The Hall–Kier alpha value is -3.46. The minimum atomic E-state index is -1.17. The zero-order valence-corrected chi connectivity index (χ0v) is 35.7. The van der Waals surface area contributed by atoms with E-state index in [0.29, 0.717) is 38.8 Å². The zero-order valence-electron chi connectivity index (χ0n) is 35.7. The highest BCUT2D eigenvalue weighted by Crippen LogP contribution is 2.35. The molecule has 0 saturated carbocycles. The average Bonchev–Trinajstić information content (AvgIpc) is 3.52. The first-order valence-electron chi connectivity index (χ1n) is 22.2. The number of aliphatic hydroxyl groups excluding tert-OH is 3. The first kappa shape index (κ1) is 47.6. The van der Waals surface area contributed by atoms with Crippen molar-refractivity contribution in [3.63, 3.8) is 0 Å². The number of ether oxygens (including phenoxy) is 5. The number of nitrogens with one attached hydrogen (secondary N) is 1. The molecule has 5 unspecified atom stereocenters. The van der Waals surface area contributed by atoms with Crippen LogP contribution in [0, 0.1) is 11.8 Å². The van der Waals surface area contributed by atoms with Crippen molar-refractivity contribution >= 4 is 11.9 Å². The summed E-state index contributed by atoms with van der Waals surface area (Å²) in [6.45, 7) is 7.02. The number of aliphatic hydroxyl groups is 3. The summed E-state index contributed by atoms with van der Waals surface area (Å²) in [6, 6.07) is 0. The molecule has 1 amide bonds. The van der Waals surface area contributed by atoms with Gasteiger partial charge in [0.25, 0.3) is 0 Å². The molecule has 6 aliphatic rings. The van der Waals surface area contributed by atoms with Crippen LogP contribution in [0.25, 0.3) is 0 Å². The number of allylic oxidation sites excluding steroid dienone is 7. The summed E-state index contributed by atoms with van der Waals surface area (Å²) < 4.78 is 31.4. The molecule has 0 aromatic heterocycles. The van der Waals surface area contributed by atoms with E-state index in [9.17, 15) is 24.9 Å². The number of unbranched alkanes of at least 4 members (excludes halogenated alkanes) is 1. The fraction of sp³-hybridized carbons (Fsp3) is 0.625. The van der Waals surface area contributed by atoms with Gasteiger partial charge in [-0.05, 0) is 63.0 Å². The molecule has 7 bridgehead atoms. The lowest BCUT2D eigenvalue weighted by Crippen LogP contribution is -2.50. The Morgan fingerprint density at radius 2 is 1.65 bits per heavy atom. The van der Waals surface area contributed by atoms with Gasteiger partial charge in [0, 0.05) is 50.8 Å². The van der Waals surface area contributed by atoms with Gasteiger partial charge in [0.1, 0.15) is 24.4 Å². The molecular formula is C48H70N2O10. The lowest BCUT2D eigenvalue weighted by Gasteiger charge is -2.40. The maximum atomic E-state index is 13.0. The second kappa shape index (κ2) is 24.8. The number of rotatable bonds is 9. The third-order valence-corrected chi connectivity index (χ3v) is 11.9. The van der Waals surface area contributed by atoms with E-state index in [2.05, 4.69) is 30.5 Å². The van der Waals surface area contributed by atoms with Crippen LogP contribution >= 0.6 is 0 Å². The maximum absolute atomic E-state index is 13.0. The van der Waals surface area contributed by atoms with Crippen LogP contribution in [0.15, 0.2) is 96.7 Å². The minimum Gasteiger partial charge on any atom is -0.452 e. The van der Waals surface area contributed by atoms with Crippen molar-refractivity contribution in [2.75, 3.05) is 13.1 Å². The van der Waals surface area contributed by atoms with Crippen LogP contribution < -0.4 is 11.1 Å². The van der Waals surface area contributed by atoms with Crippen molar-refractivity contribution in [3.05, 3.63) is 96.7 Å². The van der Waals surface area contributed by atoms with Crippen LogP contribution in [0.4, 0.5) is 0 Å². The van der Waals surface area contributed by atoms with Crippen molar-refractivity contribution in [2.45, 2.75) is 165 Å². The number of fused-ring (bicyclic) bond motifs is 13. The summed E-state index contributed by atoms with van der Waals surface area (Å²) >= 11 is 0. The summed E-state index contributed by atoms with van der Waals surface area (Å²) in [4.78, 5) is 25.0. The second-order valence-corrected chi connectivity index (χ2v) is 16.9. The molecule has 12 nitrogen and oxygen atoms in total. The van der Waals surface area contributed by atoms with Crippen LogP contribution in [0.3, 0.4) is 0 Å². The normalized spacial score (nSPS) is 39.4. The largest absolute Gasteiger partial charge is 0.452 e. The van der Waals surface area contributed by atoms with E-state index in [-0.39, 0.29) is 60.8 Å². The van der Waals surface area contributed by atoms with Crippen molar-refractivity contribution in [2.24, 2.45) is 17.6 Å². The molecule has 0 aromatic rings.